The van der Waals surface area contributed by atoms with E-state index < -0.39 is 6.10 Å². The molecular weight excluding hydrogens is 400 g/mol. The fourth-order valence-corrected chi connectivity index (χ4v) is 3.55. The van der Waals surface area contributed by atoms with E-state index in [4.69, 9.17) is 0 Å². The molecule has 2 heterocycles. The Hall–Kier alpha value is -3.17. The number of amides is 1. The van der Waals surface area contributed by atoms with Crippen molar-refractivity contribution in [2.75, 3.05) is 13.6 Å². The van der Waals surface area contributed by atoms with Crippen molar-refractivity contribution in [3.8, 4) is 11.8 Å². The molecule has 2 aliphatic rings. The topological polar surface area (TPSA) is 71.2 Å². The van der Waals surface area contributed by atoms with Crippen LogP contribution in [0.15, 0.2) is 54.7 Å². The van der Waals surface area contributed by atoms with Gasteiger partial charge in [-0.25, -0.2) is 0 Å². The zero-order valence-electron chi connectivity index (χ0n) is 18.9. The van der Waals surface area contributed by atoms with Crippen molar-refractivity contribution < 1.29 is 9.90 Å². The van der Waals surface area contributed by atoms with Crippen LogP contribution in [0.4, 0.5) is 0 Å². The molecule has 6 nitrogen and oxygen atoms in total. The lowest BCUT2D eigenvalue weighted by atomic mass is 9.93. The van der Waals surface area contributed by atoms with Crippen LogP contribution in [-0.2, 0) is 4.79 Å². The Morgan fingerprint density at radius 2 is 2.06 bits per heavy atom. The van der Waals surface area contributed by atoms with Crippen molar-refractivity contribution in [1.29, 1.82) is 0 Å². The minimum Gasteiger partial charge on any atom is -0.391 e. The summed E-state index contributed by atoms with van der Waals surface area (Å²) < 4.78 is 2.04. The van der Waals surface area contributed by atoms with Crippen molar-refractivity contribution in [3.63, 3.8) is 0 Å². The van der Waals surface area contributed by atoms with E-state index in [0.717, 1.165) is 35.9 Å². The minimum atomic E-state index is -0.459. The summed E-state index contributed by atoms with van der Waals surface area (Å²) in [6.07, 6.45) is 20.7. The number of likely N-dealkylation sites (N-methyl/N-ethyl adjacent to an activating group) is 1. The van der Waals surface area contributed by atoms with Crippen LogP contribution < -0.4 is 0 Å². The van der Waals surface area contributed by atoms with Gasteiger partial charge in [0.1, 0.15) is 0 Å². The van der Waals surface area contributed by atoms with Gasteiger partial charge in [-0.05, 0) is 62.7 Å². The first-order valence-electron chi connectivity index (χ1n) is 11.2. The van der Waals surface area contributed by atoms with E-state index in [0.29, 0.717) is 19.0 Å². The lowest BCUT2D eigenvalue weighted by Gasteiger charge is -2.25. The van der Waals surface area contributed by atoms with Gasteiger partial charge in [-0.2, -0.15) is 5.10 Å². The first kappa shape index (κ1) is 23.5. The lowest BCUT2D eigenvalue weighted by molar-refractivity contribution is -0.118. The molecule has 1 N–H and O–H groups in total. The number of aromatic nitrogens is 3. The smallest absolute Gasteiger partial charge is 0.209 e. The lowest BCUT2D eigenvalue weighted by Crippen LogP contribution is -2.28. The summed E-state index contributed by atoms with van der Waals surface area (Å²) in [5, 5.41) is 14.0. The highest BCUT2D eigenvalue weighted by atomic mass is 16.3. The Morgan fingerprint density at radius 3 is 2.72 bits per heavy atom. The molecule has 0 spiro atoms. The van der Waals surface area contributed by atoms with Gasteiger partial charge in [-0.1, -0.05) is 30.1 Å². The predicted octanol–water partition coefficient (Wildman–Crippen LogP) is 3.81. The highest BCUT2D eigenvalue weighted by molar-refractivity contribution is 5.46. The van der Waals surface area contributed by atoms with Gasteiger partial charge in [0.2, 0.25) is 6.41 Å². The average molecular weight is 433 g/mol. The van der Waals surface area contributed by atoms with Gasteiger partial charge in [0.25, 0.3) is 0 Å². The van der Waals surface area contributed by atoms with E-state index >= 15 is 0 Å². The maximum absolute atomic E-state index is 10.3. The second-order valence-corrected chi connectivity index (χ2v) is 8.46. The SMILES string of the molecule is CN(C=O)CC(O)CC1=CCCC=C1.Cc1cncc(C#Cc2cnn(C3CCC3)c2)c1. The van der Waals surface area contributed by atoms with Gasteiger partial charge < -0.3 is 10.0 Å². The Balaban J connectivity index is 0.000000188. The quantitative estimate of drug-likeness (QED) is 0.557. The predicted molar refractivity (Wildman–Crippen MR) is 126 cm³/mol. The van der Waals surface area contributed by atoms with E-state index in [1.807, 2.05) is 42.3 Å². The number of carbonyl (C=O) groups is 1. The summed E-state index contributed by atoms with van der Waals surface area (Å²) >= 11 is 0. The molecule has 0 radical (unpaired) electrons. The van der Waals surface area contributed by atoms with E-state index in [-0.39, 0.29) is 0 Å². The van der Waals surface area contributed by atoms with Crippen LogP contribution in [-0.4, -0.2) is 50.9 Å². The molecule has 1 fully saturated rings. The number of hydrogen-bond donors (Lipinski definition) is 1. The van der Waals surface area contributed by atoms with Crippen LogP contribution in [0.3, 0.4) is 0 Å². The Kier molecular flexibility index (Phi) is 8.82. The monoisotopic (exact) mass is 432 g/mol. The molecule has 2 aliphatic carbocycles. The second kappa shape index (κ2) is 12.0. The number of aliphatic hydroxyl groups is 1. The Morgan fingerprint density at radius 1 is 1.25 bits per heavy atom. The summed E-state index contributed by atoms with van der Waals surface area (Å²) in [5.74, 6) is 6.26. The van der Waals surface area contributed by atoms with Crippen LogP contribution in [0.1, 0.15) is 61.3 Å². The molecule has 0 aliphatic heterocycles. The third-order valence-electron chi connectivity index (χ3n) is 5.50. The summed E-state index contributed by atoms with van der Waals surface area (Å²) in [6.45, 7) is 2.42. The van der Waals surface area contributed by atoms with Gasteiger partial charge in [-0.3, -0.25) is 14.5 Å². The van der Waals surface area contributed by atoms with Crippen LogP contribution in [0, 0.1) is 18.8 Å². The molecule has 168 valence electrons. The normalized spacial score (nSPS) is 15.9. The fourth-order valence-electron chi connectivity index (χ4n) is 3.55. The van der Waals surface area contributed by atoms with Crippen molar-refractivity contribution in [2.45, 2.75) is 57.6 Å². The van der Waals surface area contributed by atoms with Gasteiger partial charge in [0, 0.05) is 37.7 Å². The number of hydrogen-bond acceptors (Lipinski definition) is 4. The zero-order valence-corrected chi connectivity index (χ0v) is 18.9. The Labute approximate surface area is 190 Å². The molecule has 2 aromatic rings. The molecule has 0 bridgehead atoms. The molecular formula is C26H32N4O2. The summed E-state index contributed by atoms with van der Waals surface area (Å²) in [7, 11) is 1.67. The van der Waals surface area contributed by atoms with Crippen molar-refractivity contribution in [3.05, 3.63) is 71.3 Å². The van der Waals surface area contributed by atoms with Gasteiger partial charge in [-0.15, -0.1) is 0 Å². The number of nitrogens with zero attached hydrogens (tertiary/aromatic N) is 4. The Bertz CT molecular complexity index is 1010. The molecule has 32 heavy (non-hydrogen) atoms. The highest BCUT2D eigenvalue weighted by Gasteiger charge is 2.19. The van der Waals surface area contributed by atoms with Crippen LogP contribution in [0.5, 0.6) is 0 Å². The molecule has 4 rings (SSSR count). The summed E-state index contributed by atoms with van der Waals surface area (Å²) in [5.41, 5.74) is 4.23. The molecule has 1 amide bonds. The molecule has 1 unspecified atom stereocenters. The first-order chi connectivity index (χ1) is 15.5. The second-order valence-electron chi connectivity index (χ2n) is 8.46. The minimum absolute atomic E-state index is 0.397. The van der Waals surface area contributed by atoms with E-state index in [2.05, 4.69) is 34.1 Å². The standard InChI is InChI=1S/C15H15N3.C11H17NO2/c1-12-7-13(9-16-8-12)5-6-14-10-17-18(11-14)15-3-2-4-15;1-12(9-13)8-11(14)7-10-5-3-2-4-6-10/h7-11,15H,2-4H2,1H3;3,5-6,9,11,14H,2,4,7-8H2,1H3. The molecule has 0 aromatic carbocycles. The van der Waals surface area contributed by atoms with Crippen molar-refractivity contribution >= 4 is 6.41 Å². The number of carbonyl (C=O) groups excluding carboxylic acids is 1. The molecule has 1 saturated carbocycles. The molecule has 2 aromatic heterocycles. The van der Waals surface area contributed by atoms with E-state index in [1.165, 1.54) is 29.7 Å². The zero-order chi connectivity index (χ0) is 22.8. The summed E-state index contributed by atoms with van der Waals surface area (Å²) in [6, 6.07) is 2.64. The maximum atomic E-state index is 10.3. The van der Waals surface area contributed by atoms with Gasteiger partial charge in [0.15, 0.2) is 0 Å². The number of aryl methyl sites for hydroxylation is 1. The van der Waals surface area contributed by atoms with E-state index in [9.17, 15) is 9.90 Å². The van der Waals surface area contributed by atoms with Crippen LogP contribution >= 0.6 is 0 Å². The number of aliphatic hydroxyl groups excluding tert-OH is 1. The summed E-state index contributed by atoms with van der Waals surface area (Å²) in [4.78, 5) is 15.9. The van der Waals surface area contributed by atoms with Crippen molar-refractivity contribution in [2.24, 2.45) is 0 Å². The van der Waals surface area contributed by atoms with Crippen LogP contribution in [0.2, 0.25) is 0 Å². The third kappa shape index (κ3) is 7.51. The highest BCUT2D eigenvalue weighted by Crippen LogP contribution is 2.30. The van der Waals surface area contributed by atoms with Gasteiger partial charge in [0.05, 0.1) is 23.9 Å². The number of pyridine rings is 1. The average Bonchev–Trinajstić information content (AvgIpc) is 3.20. The third-order valence-corrected chi connectivity index (χ3v) is 5.50. The van der Waals surface area contributed by atoms with Gasteiger partial charge >= 0.3 is 0 Å². The molecule has 1 atom stereocenters. The van der Waals surface area contributed by atoms with E-state index in [1.54, 1.807) is 13.2 Å². The maximum Gasteiger partial charge on any atom is 0.209 e. The number of rotatable bonds is 6. The number of allylic oxidation sites excluding steroid dienone is 3. The largest absolute Gasteiger partial charge is 0.391 e. The molecule has 0 saturated heterocycles. The van der Waals surface area contributed by atoms with Crippen molar-refractivity contribution in [1.82, 2.24) is 19.7 Å². The fraction of sp³-hybridized carbons (Fsp3) is 0.423. The molecule has 6 heteroatoms. The first-order valence-corrected chi connectivity index (χ1v) is 11.2. The van der Waals surface area contributed by atoms with Crippen LogP contribution in [0.25, 0.3) is 0 Å².